The fraction of sp³-hybridized carbons (Fsp3) is 0.417. The van der Waals surface area contributed by atoms with Gasteiger partial charge in [0.2, 0.25) is 0 Å². The van der Waals surface area contributed by atoms with Crippen LogP contribution in [0.25, 0.3) is 0 Å². The number of aliphatic imine (C=N–C) groups is 1. The van der Waals surface area contributed by atoms with Gasteiger partial charge in [-0.05, 0) is 43.2 Å². The van der Waals surface area contributed by atoms with Crippen LogP contribution < -0.4 is 20.1 Å². The molecule has 0 spiro atoms. The van der Waals surface area contributed by atoms with Crippen molar-refractivity contribution in [2.45, 2.75) is 26.9 Å². The molecule has 33 heavy (non-hydrogen) atoms. The molecule has 2 aromatic carbocycles. The maximum atomic E-state index is 11.8. The third-order valence-corrected chi connectivity index (χ3v) is 4.65. The van der Waals surface area contributed by atoms with E-state index in [-0.39, 0.29) is 24.0 Å². The summed E-state index contributed by atoms with van der Waals surface area (Å²) in [6.07, 6.45) is 0. The largest absolute Gasteiger partial charge is 0.496 e. The third kappa shape index (κ3) is 9.09. The Bertz CT molecular complexity index is 921. The standard InChI is InChI=1S/C24H33N3O5.HI/c1-6-25-24(26-15-18-8-10-20(23(28)31-5)22(14-18)30-4)27-16-19-9-7-17(2)13-21(19)32-12-11-29-3;/h7-10,13-14H,6,11-12,15-16H2,1-5H3,(H2,25,26,27);1H. The average molecular weight is 571 g/mol. The van der Waals surface area contributed by atoms with Crippen molar-refractivity contribution < 1.29 is 23.7 Å². The summed E-state index contributed by atoms with van der Waals surface area (Å²) in [7, 11) is 4.52. The number of carbonyl (C=O) groups excluding carboxylic acids is 1. The topological polar surface area (TPSA) is 90.4 Å². The lowest BCUT2D eigenvalue weighted by molar-refractivity contribution is 0.0597. The van der Waals surface area contributed by atoms with Gasteiger partial charge in [0.25, 0.3) is 0 Å². The van der Waals surface area contributed by atoms with Crippen LogP contribution in [0.5, 0.6) is 11.5 Å². The molecule has 0 heterocycles. The van der Waals surface area contributed by atoms with E-state index < -0.39 is 5.97 Å². The van der Waals surface area contributed by atoms with Crippen molar-refractivity contribution in [1.29, 1.82) is 0 Å². The van der Waals surface area contributed by atoms with Crippen molar-refractivity contribution in [3.05, 3.63) is 58.7 Å². The molecule has 0 radical (unpaired) electrons. The van der Waals surface area contributed by atoms with Crippen molar-refractivity contribution in [2.24, 2.45) is 4.99 Å². The SMILES string of the molecule is CCNC(=NCc1ccc(C(=O)OC)c(OC)c1)NCc1ccc(C)cc1OCCOC.I. The Balaban J connectivity index is 0.00000544. The van der Waals surface area contributed by atoms with Gasteiger partial charge in [0.15, 0.2) is 5.96 Å². The molecule has 2 rings (SSSR count). The number of guanidine groups is 1. The number of aryl methyl sites for hydroxylation is 1. The second kappa shape index (κ2) is 15.3. The van der Waals surface area contributed by atoms with Gasteiger partial charge in [0, 0.05) is 25.8 Å². The first-order valence-electron chi connectivity index (χ1n) is 10.5. The molecule has 0 saturated carbocycles. The minimum Gasteiger partial charge on any atom is -0.496 e. The molecular formula is C24H34IN3O5. The van der Waals surface area contributed by atoms with Gasteiger partial charge in [-0.1, -0.05) is 18.2 Å². The number of ether oxygens (including phenoxy) is 4. The number of nitrogens with zero attached hydrogens (tertiary/aromatic N) is 1. The third-order valence-electron chi connectivity index (χ3n) is 4.65. The first kappa shape index (κ1) is 28.5. The van der Waals surface area contributed by atoms with Gasteiger partial charge in [-0.3, -0.25) is 0 Å². The number of rotatable bonds is 11. The van der Waals surface area contributed by atoms with Gasteiger partial charge in [-0.2, -0.15) is 0 Å². The maximum absolute atomic E-state index is 11.8. The number of nitrogens with one attached hydrogen (secondary N) is 2. The molecule has 8 nitrogen and oxygen atoms in total. The molecular weight excluding hydrogens is 537 g/mol. The van der Waals surface area contributed by atoms with E-state index in [0.717, 1.165) is 29.0 Å². The molecule has 0 aliphatic heterocycles. The molecule has 9 heteroatoms. The zero-order valence-corrected chi connectivity index (χ0v) is 22.2. The summed E-state index contributed by atoms with van der Waals surface area (Å²) in [5, 5.41) is 6.59. The van der Waals surface area contributed by atoms with Crippen LogP contribution in [0.3, 0.4) is 0 Å². The van der Waals surface area contributed by atoms with E-state index in [0.29, 0.717) is 43.6 Å². The molecule has 0 saturated heterocycles. The van der Waals surface area contributed by atoms with Crippen molar-refractivity contribution in [2.75, 3.05) is 41.1 Å². The lowest BCUT2D eigenvalue weighted by Crippen LogP contribution is -2.36. The highest BCUT2D eigenvalue weighted by Gasteiger charge is 2.13. The number of benzene rings is 2. The molecule has 2 N–H and O–H groups in total. The molecule has 0 aliphatic carbocycles. The lowest BCUT2D eigenvalue weighted by atomic mass is 10.1. The molecule has 182 valence electrons. The highest BCUT2D eigenvalue weighted by molar-refractivity contribution is 14.0. The van der Waals surface area contributed by atoms with Crippen LogP contribution in [0.1, 0.15) is 34.0 Å². The first-order valence-corrected chi connectivity index (χ1v) is 10.5. The summed E-state index contributed by atoms with van der Waals surface area (Å²) in [5.74, 6) is 1.52. The predicted molar refractivity (Wildman–Crippen MR) is 140 cm³/mol. The number of hydrogen-bond acceptors (Lipinski definition) is 6. The van der Waals surface area contributed by atoms with Gasteiger partial charge >= 0.3 is 5.97 Å². The minimum absolute atomic E-state index is 0. The van der Waals surface area contributed by atoms with Gasteiger partial charge in [-0.15, -0.1) is 24.0 Å². The lowest BCUT2D eigenvalue weighted by Gasteiger charge is -2.15. The summed E-state index contributed by atoms with van der Waals surface area (Å²) in [5.41, 5.74) is 3.45. The highest BCUT2D eigenvalue weighted by atomic mass is 127. The Morgan fingerprint density at radius 1 is 1.00 bits per heavy atom. The number of hydrogen-bond donors (Lipinski definition) is 2. The van der Waals surface area contributed by atoms with Crippen LogP contribution in [0.15, 0.2) is 41.4 Å². The zero-order chi connectivity index (χ0) is 23.3. The highest BCUT2D eigenvalue weighted by Crippen LogP contribution is 2.22. The molecule has 0 bridgehead atoms. The molecule has 0 aliphatic rings. The van der Waals surface area contributed by atoms with Crippen LogP contribution in [-0.4, -0.2) is 53.0 Å². The minimum atomic E-state index is -0.437. The fourth-order valence-corrected chi connectivity index (χ4v) is 2.98. The van der Waals surface area contributed by atoms with Crippen LogP contribution in [0, 0.1) is 6.92 Å². The van der Waals surface area contributed by atoms with Crippen LogP contribution >= 0.6 is 24.0 Å². The zero-order valence-electron chi connectivity index (χ0n) is 19.9. The fourth-order valence-electron chi connectivity index (χ4n) is 2.98. The van der Waals surface area contributed by atoms with Crippen molar-refractivity contribution in [3.8, 4) is 11.5 Å². The summed E-state index contributed by atoms with van der Waals surface area (Å²) in [6, 6.07) is 11.4. The predicted octanol–water partition coefficient (Wildman–Crippen LogP) is 3.69. The Hall–Kier alpha value is -2.53. The molecule has 0 fully saturated rings. The van der Waals surface area contributed by atoms with Gasteiger partial charge < -0.3 is 29.6 Å². The summed E-state index contributed by atoms with van der Waals surface area (Å²) in [4.78, 5) is 16.5. The first-order chi connectivity index (χ1) is 15.5. The molecule has 0 aromatic heterocycles. The summed E-state index contributed by atoms with van der Waals surface area (Å²) >= 11 is 0. The maximum Gasteiger partial charge on any atom is 0.341 e. The van der Waals surface area contributed by atoms with Crippen molar-refractivity contribution >= 4 is 35.9 Å². The van der Waals surface area contributed by atoms with Crippen molar-refractivity contribution in [3.63, 3.8) is 0 Å². The summed E-state index contributed by atoms with van der Waals surface area (Å²) in [6.45, 7) is 6.76. The quantitative estimate of drug-likeness (QED) is 0.140. The second-order valence-electron chi connectivity index (χ2n) is 7.03. The molecule has 0 unspecified atom stereocenters. The smallest absolute Gasteiger partial charge is 0.341 e. The van der Waals surface area contributed by atoms with E-state index in [1.165, 1.54) is 14.2 Å². The van der Waals surface area contributed by atoms with Crippen LogP contribution in [0.4, 0.5) is 0 Å². The van der Waals surface area contributed by atoms with Gasteiger partial charge in [0.1, 0.15) is 23.7 Å². The van der Waals surface area contributed by atoms with E-state index >= 15 is 0 Å². The van der Waals surface area contributed by atoms with E-state index in [9.17, 15) is 4.79 Å². The Kier molecular flexibility index (Phi) is 13.2. The Labute approximate surface area is 213 Å². The van der Waals surface area contributed by atoms with Crippen LogP contribution in [0.2, 0.25) is 0 Å². The van der Waals surface area contributed by atoms with Crippen LogP contribution in [-0.2, 0) is 22.6 Å². The molecule has 0 atom stereocenters. The van der Waals surface area contributed by atoms with E-state index in [1.807, 2.05) is 32.0 Å². The molecule has 0 amide bonds. The number of carbonyl (C=O) groups is 1. The average Bonchev–Trinajstić information content (AvgIpc) is 2.81. The number of esters is 1. The monoisotopic (exact) mass is 571 g/mol. The second-order valence-corrected chi connectivity index (χ2v) is 7.03. The number of halogens is 1. The van der Waals surface area contributed by atoms with Gasteiger partial charge in [-0.25, -0.2) is 9.79 Å². The Morgan fingerprint density at radius 2 is 1.79 bits per heavy atom. The van der Waals surface area contributed by atoms with E-state index in [2.05, 4.69) is 21.7 Å². The van der Waals surface area contributed by atoms with Crippen molar-refractivity contribution in [1.82, 2.24) is 10.6 Å². The Morgan fingerprint density at radius 3 is 2.45 bits per heavy atom. The van der Waals surface area contributed by atoms with E-state index in [4.69, 9.17) is 18.9 Å². The number of methoxy groups -OCH3 is 3. The van der Waals surface area contributed by atoms with E-state index in [1.54, 1.807) is 19.2 Å². The summed E-state index contributed by atoms with van der Waals surface area (Å²) < 4.78 is 21.1. The van der Waals surface area contributed by atoms with Gasteiger partial charge in [0.05, 0.1) is 27.4 Å². The molecule has 2 aromatic rings. The normalized spacial score (nSPS) is 10.8.